The molecule has 0 aromatic heterocycles. The molecule has 4 heteroatoms. The van der Waals surface area contributed by atoms with E-state index in [-0.39, 0.29) is 12.5 Å². The first kappa shape index (κ1) is 12.9. The normalized spacial score (nSPS) is 10.0. The van der Waals surface area contributed by atoms with Crippen LogP contribution in [0.3, 0.4) is 0 Å². The van der Waals surface area contributed by atoms with Gasteiger partial charge in [-0.05, 0) is 20.3 Å². The van der Waals surface area contributed by atoms with E-state index in [1.165, 1.54) is 0 Å². The molecule has 0 bridgehead atoms. The zero-order valence-corrected chi connectivity index (χ0v) is 9.04. The largest absolute Gasteiger partial charge is 0.465 e. The summed E-state index contributed by atoms with van der Waals surface area (Å²) in [5.74, 6) is -1.04. The van der Waals surface area contributed by atoms with Gasteiger partial charge in [0.15, 0.2) is 0 Å². The Hall–Kier alpha value is -1.06. The number of hydrogen-bond acceptors (Lipinski definition) is 4. The Morgan fingerprint density at radius 2 is 1.86 bits per heavy atom. The molecule has 0 aliphatic heterocycles. The Balaban J connectivity index is 3.56. The van der Waals surface area contributed by atoms with Crippen molar-refractivity contribution in [2.75, 3.05) is 6.61 Å². The molecule has 0 N–H and O–H groups in total. The summed E-state index contributed by atoms with van der Waals surface area (Å²) in [4.78, 5) is 22.0. The van der Waals surface area contributed by atoms with E-state index in [2.05, 4.69) is 0 Å². The minimum Gasteiger partial charge on any atom is -0.465 e. The third-order valence-electron chi connectivity index (χ3n) is 1.42. The zero-order valence-electron chi connectivity index (χ0n) is 9.04. The van der Waals surface area contributed by atoms with Gasteiger partial charge in [0, 0.05) is 0 Å². The van der Waals surface area contributed by atoms with Crippen molar-refractivity contribution in [3.63, 3.8) is 0 Å². The van der Waals surface area contributed by atoms with Crippen molar-refractivity contribution in [3.05, 3.63) is 0 Å². The molecule has 0 atom stereocenters. The first-order valence-corrected chi connectivity index (χ1v) is 4.91. The average molecular weight is 202 g/mol. The van der Waals surface area contributed by atoms with E-state index >= 15 is 0 Å². The van der Waals surface area contributed by atoms with E-state index in [4.69, 9.17) is 9.47 Å². The van der Waals surface area contributed by atoms with Crippen LogP contribution in [-0.2, 0) is 19.1 Å². The van der Waals surface area contributed by atoms with E-state index in [9.17, 15) is 9.59 Å². The number of unbranched alkanes of at least 4 members (excludes halogenated alkanes) is 1. The fourth-order valence-corrected chi connectivity index (χ4v) is 0.804. The SMILES string of the molecule is CCCCOC(=O)CC(=O)OC(C)C. The second kappa shape index (κ2) is 7.35. The lowest BCUT2D eigenvalue weighted by Gasteiger charge is -2.07. The maximum Gasteiger partial charge on any atom is 0.317 e. The molecule has 0 fully saturated rings. The summed E-state index contributed by atoms with van der Waals surface area (Å²) in [6, 6.07) is 0. The summed E-state index contributed by atoms with van der Waals surface area (Å²) >= 11 is 0. The lowest BCUT2D eigenvalue weighted by Crippen LogP contribution is -2.17. The van der Waals surface area contributed by atoms with Gasteiger partial charge in [-0.3, -0.25) is 9.59 Å². The van der Waals surface area contributed by atoms with Crippen LogP contribution in [0.5, 0.6) is 0 Å². The van der Waals surface area contributed by atoms with Crippen molar-refractivity contribution in [2.45, 2.75) is 46.1 Å². The molecule has 0 unspecified atom stereocenters. The summed E-state index contributed by atoms with van der Waals surface area (Å²) in [6.45, 7) is 5.85. The highest BCUT2D eigenvalue weighted by molar-refractivity contribution is 5.91. The quantitative estimate of drug-likeness (QED) is 0.373. The number of carbonyl (C=O) groups is 2. The van der Waals surface area contributed by atoms with Gasteiger partial charge in [-0.1, -0.05) is 13.3 Å². The second-order valence-electron chi connectivity index (χ2n) is 3.29. The van der Waals surface area contributed by atoms with Crippen LogP contribution in [-0.4, -0.2) is 24.6 Å². The molecule has 0 spiro atoms. The number of rotatable bonds is 6. The van der Waals surface area contributed by atoms with Crippen molar-refractivity contribution in [1.82, 2.24) is 0 Å². The molecule has 82 valence electrons. The van der Waals surface area contributed by atoms with Gasteiger partial charge >= 0.3 is 11.9 Å². The van der Waals surface area contributed by atoms with Crippen LogP contribution in [0.1, 0.15) is 40.0 Å². The third kappa shape index (κ3) is 7.58. The van der Waals surface area contributed by atoms with Gasteiger partial charge in [0.2, 0.25) is 0 Å². The zero-order chi connectivity index (χ0) is 11.0. The van der Waals surface area contributed by atoms with Crippen molar-refractivity contribution in [1.29, 1.82) is 0 Å². The molecular formula is C10H18O4. The second-order valence-corrected chi connectivity index (χ2v) is 3.29. The Morgan fingerprint density at radius 1 is 1.21 bits per heavy atom. The predicted octanol–water partition coefficient (Wildman–Crippen LogP) is 1.67. The van der Waals surface area contributed by atoms with Gasteiger partial charge in [0.25, 0.3) is 0 Å². The first-order chi connectivity index (χ1) is 6.56. The molecule has 0 heterocycles. The van der Waals surface area contributed by atoms with E-state index in [0.717, 1.165) is 12.8 Å². The summed E-state index contributed by atoms with van der Waals surface area (Å²) in [5, 5.41) is 0. The molecule has 0 rings (SSSR count). The number of hydrogen-bond donors (Lipinski definition) is 0. The standard InChI is InChI=1S/C10H18O4/c1-4-5-6-13-9(11)7-10(12)14-8(2)3/h8H,4-7H2,1-3H3. The molecule has 0 aliphatic carbocycles. The molecule has 0 aliphatic rings. The van der Waals surface area contributed by atoms with Gasteiger partial charge in [-0.2, -0.15) is 0 Å². The summed E-state index contributed by atoms with van der Waals surface area (Å²) < 4.78 is 9.58. The summed E-state index contributed by atoms with van der Waals surface area (Å²) in [5.41, 5.74) is 0. The molecule has 0 saturated carbocycles. The van der Waals surface area contributed by atoms with Crippen LogP contribution >= 0.6 is 0 Å². The third-order valence-corrected chi connectivity index (χ3v) is 1.42. The summed E-state index contributed by atoms with van der Waals surface area (Å²) in [7, 11) is 0. The fraction of sp³-hybridized carbons (Fsp3) is 0.800. The Labute approximate surface area is 84.6 Å². The first-order valence-electron chi connectivity index (χ1n) is 4.91. The predicted molar refractivity (Wildman–Crippen MR) is 51.7 cm³/mol. The van der Waals surface area contributed by atoms with E-state index in [0.29, 0.717) is 6.61 Å². The van der Waals surface area contributed by atoms with Gasteiger partial charge in [0.1, 0.15) is 6.42 Å². The molecule has 0 aromatic rings. The maximum absolute atomic E-state index is 11.0. The van der Waals surface area contributed by atoms with Crippen molar-refractivity contribution < 1.29 is 19.1 Å². The van der Waals surface area contributed by atoms with Crippen LogP contribution in [0, 0.1) is 0 Å². The number of esters is 2. The Morgan fingerprint density at radius 3 is 2.36 bits per heavy atom. The molecule has 0 amide bonds. The monoisotopic (exact) mass is 202 g/mol. The highest BCUT2D eigenvalue weighted by Crippen LogP contribution is 1.96. The van der Waals surface area contributed by atoms with Gasteiger partial charge < -0.3 is 9.47 Å². The van der Waals surface area contributed by atoms with Crippen LogP contribution < -0.4 is 0 Å². The van der Waals surface area contributed by atoms with Gasteiger partial charge in [0.05, 0.1) is 12.7 Å². The van der Waals surface area contributed by atoms with Crippen LogP contribution in [0.25, 0.3) is 0 Å². The minimum absolute atomic E-state index is 0.189. The fourth-order valence-electron chi connectivity index (χ4n) is 0.804. The Bertz CT molecular complexity index is 187. The van der Waals surface area contributed by atoms with E-state index < -0.39 is 11.9 Å². The highest BCUT2D eigenvalue weighted by atomic mass is 16.6. The lowest BCUT2D eigenvalue weighted by atomic mass is 10.3. The number of ether oxygens (including phenoxy) is 2. The van der Waals surface area contributed by atoms with Gasteiger partial charge in [-0.25, -0.2) is 0 Å². The molecule has 0 saturated heterocycles. The minimum atomic E-state index is -0.526. The van der Waals surface area contributed by atoms with Crippen molar-refractivity contribution in [3.8, 4) is 0 Å². The molecule has 14 heavy (non-hydrogen) atoms. The smallest absolute Gasteiger partial charge is 0.317 e. The molecule has 4 nitrogen and oxygen atoms in total. The van der Waals surface area contributed by atoms with E-state index in [1.54, 1.807) is 13.8 Å². The molecule has 0 aromatic carbocycles. The highest BCUT2D eigenvalue weighted by Gasteiger charge is 2.12. The van der Waals surface area contributed by atoms with Crippen molar-refractivity contribution >= 4 is 11.9 Å². The summed E-state index contributed by atoms with van der Waals surface area (Å²) in [6.07, 6.45) is 1.31. The van der Waals surface area contributed by atoms with Crippen LogP contribution in [0.4, 0.5) is 0 Å². The number of carbonyl (C=O) groups excluding carboxylic acids is 2. The molecule has 0 radical (unpaired) electrons. The average Bonchev–Trinajstić information content (AvgIpc) is 2.02. The van der Waals surface area contributed by atoms with Gasteiger partial charge in [-0.15, -0.1) is 0 Å². The van der Waals surface area contributed by atoms with Crippen LogP contribution in [0.15, 0.2) is 0 Å². The van der Waals surface area contributed by atoms with E-state index in [1.807, 2.05) is 6.92 Å². The topological polar surface area (TPSA) is 52.6 Å². The molecular weight excluding hydrogens is 184 g/mol. The lowest BCUT2D eigenvalue weighted by molar-refractivity contribution is -0.156. The Kier molecular flexibility index (Phi) is 6.80. The van der Waals surface area contributed by atoms with Crippen molar-refractivity contribution in [2.24, 2.45) is 0 Å². The van der Waals surface area contributed by atoms with Crippen LogP contribution in [0.2, 0.25) is 0 Å². The maximum atomic E-state index is 11.0.